The van der Waals surface area contributed by atoms with Gasteiger partial charge in [0.1, 0.15) is 13.2 Å². The van der Waals surface area contributed by atoms with E-state index in [4.69, 9.17) is 21.1 Å². The van der Waals surface area contributed by atoms with Crippen molar-refractivity contribution in [3.8, 4) is 11.5 Å². The SMILES string of the molecule is O=C(NCc1cc(Cl)c2c(c1)OCCO2)c1cccc(NC(=O)c2cccs2)c1. The Kier molecular flexibility index (Phi) is 5.69. The van der Waals surface area contributed by atoms with Gasteiger partial charge in [0.15, 0.2) is 11.5 Å². The fraction of sp³-hybridized carbons (Fsp3) is 0.143. The molecule has 0 saturated carbocycles. The molecule has 2 amide bonds. The Bertz CT molecular complexity index is 1050. The summed E-state index contributed by atoms with van der Waals surface area (Å²) in [6.07, 6.45) is 0. The summed E-state index contributed by atoms with van der Waals surface area (Å²) in [5, 5.41) is 7.94. The molecule has 6 nitrogen and oxygen atoms in total. The fourth-order valence-electron chi connectivity index (χ4n) is 2.89. The monoisotopic (exact) mass is 428 g/mol. The molecule has 2 heterocycles. The zero-order valence-corrected chi connectivity index (χ0v) is 16.8. The zero-order chi connectivity index (χ0) is 20.2. The van der Waals surface area contributed by atoms with E-state index in [1.165, 1.54) is 11.3 Å². The Balaban J connectivity index is 1.41. The highest BCUT2D eigenvalue weighted by Crippen LogP contribution is 2.38. The van der Waals surface area contributed by atoms with Crippen LogP contribution in [0.15, 0.2) is 53.9 Å². The van der Waals surface area contributed by atoms with Crippen molar-refractivity contribution in [1.29, 1.82) is 0 Å². The molecular formula is C21H17ClN2O4S. The maximum Gasteiger partial charge on any atom is 0.265 e. The lowest BCUT2D eigenvalue weighted by Gasteiger charge is -2.20. The van der Waals surface area contributed by atoms with E-state index in [2.05, 4.69) is 10.6 Å². The maximum absolute atomic E-state index is 12.5. The lowest BCUT2D eigenvalue weighted by atomic mass is 10.1. The number of rotatable bonds is 5. The third kappa shape index (κ3) is 4.52. The quantitative estimate of drug-likeness (QED) is 0.633. The molecule has 0 spiro atoms. The van der Waals surface area contributed by atoms with Gasteiger partial charge in [0, 0.05) is 17.8 Å². The average Bonchev–Trinajstić information content (AvgIpc) is 3.27. The smallest absolute Gasteiger partial charge is 0.265 e. The van der Waals surface area contributed by atoms with Crippen LogP contribution in [-0.4, -0.2) is 25.0 Å². The van der Waals surface area contributed by atoms with Gasteiger partial charge in [-0.25, -0.2) is 0 Å². The third-order valence-corrected chi connectivity index (χ3v) is 5.39. The minimum atomic E-state index is -0.261. The molecule has 0 saturated heterocycles. The second-order valence-electron chi connectivity index (χ2n) is 6.30. The summed E-state index contributed by atoms with van der Waals surface area (Å²) >= 11 is 7.59. The lowest BCUT2D eigenvalue weighted by molar-refractivity contribution is 0.0949. The summed E-state index contributed by atoms with van der Waals surface area (Å²) in [6, 6.07) is 13.9. The molecule has 1 aliphatic heterocycles. The van der Waals surface area contributed by atoms with Crippen molar-refractivity contribution in [1.82, 2.24) is 5.32 Å². The molecule has 0 unspecified atom stereocenters. The van der Waals surface area contributed by atoms with Gasteiger partial charge in [0.05, 0.1) is 9.90 Å². The Hall–Kier alpha value is -3.03. The molecule has 29 heavy (non-hydrogen) atoms. The summed E-state index contributed by atoms with van der Waals surface area (Å²) in [4.78, 5) is 25.3. The first-order valence-corrected chi connectivity index (χ1v) is 10.2. The number of hydrogen-bond acceptors (Lipinski definition) is 5. The van der Waals surface area contributed by atoms with Crippen molar-refractivity contribution >= 4 is 40.4 Å². The van der Waals surface area contributed by atoms with Crippen molar-refractivity contribution in [2.45, 2.75) is 6.54 Å². The molecule has 1 aromatic heterocycles. The summed E-state index contributed by atoms with van der Waals surface area (Å²) in [6.45, 7) is 1.20. The van der Waals surface area contributed by atoms with Crippen LogP contribution in [0, 0.1) is 0 Å². The number of carbonyl (C=O) groups is 2. The Morgan fingerprint density at radius 1 is 1.03 bits per heavy atom. The van der Waals surface area contributed by atoms with Crippen LogP contribution < -0.4 is 20.1 Å². The molecule has 2 aromatic carbocycles. The topological polar surface area (TPSA) is 76.7 Å². The van der Waals surface area contributed by atoms with Crippen molar-refractivity contribution in [2.75, 3.05) is 18.5 Å². The van der Waals surface area contributed by atoms with E-state index >= 15 is 0 Å². The molecule has 0 atom stereocenters. The van der Waals surface area contributed by atoms with Gasteiger partial charge < -0.3 is 20.1 Å². The first kappa shape index (κ1) is 19.3. The minimum absolute atomic E-state index is 0.205. The molecular weight excluding hydrogens is 412 g/mol. The van der Waals surface area contributed by atoms with E-state index < -0.39 is 0 Å². The van der Waals surface area contributed by atoms with Crippen LogP contribution in [0.25, 0.3) is 0 Å². The summed E-state index contributed by atoms with van der Waals surface area (Å²) < 4.78 is 11.1. The van der Waals surface area contributed by atoms with E-state index in [1.54, 1.807) is 42.5 Å². The first-order valence-electron chi connectivity index (χ1n) is 8.91. The van der Waals surface area contributed by atoms with Gasteiger partial charge in [0.2, 0.25) is 0 Å². The molecule has 4 rings (SSSR count). The van der Waals surface area contributed by atoms with Crippen molar-refractivity contribution in [3.05, 3.63) is 74.9 Å². The standard InChI is InChI=1S/C21H17ClN2O4S/c22-16-9-13(10-17-19(16)28-7-6-27-17)12-23-20(25)14-3-1-4-15(11-14)24-21(26)18-5-2-8-29-18/h1-5,8-11H,6-7,12H2,(H,23,25)(H,24,26). The van der Waals surface area contributed by atoms with Crippen LogP contribution in [0.5, 0.6) is 11.5 Å². The largest absolute Gasteiger partial charge is 0.486 e. The third-order valence-electron chi connectivity index (χ3n) is 4.24. The molecule has 0 aliphatic carbocycles. The van der Waals surface area contributed by atoms with Gasteiger partial charge in [-0.05, 0) is 47.3 Å². The van der Waals surface area contributed by atoms with Crippen LogP contribution in [0.1, 0.15) is 25.6 Å². The first-order chi connectivity index (χ1) is 14.1. The van der Waals surface area contributed by atoms with Gasteiger partial charge in [-0.1, -0.05) is 23.7 Å². The number of benzene rings is 2. The second-order valence-corrected chi connectivity index (χ2v) is 7.65. The van der Waals surface area contributed by atoms with Gasteiger partial charge in [-0.15, -0.1) is 11.3 Å². The zero-order valence-electron chi connectivity index (χ0n) is 15.2. The van der Waals surface area contributed by atoms with Crippen LogP contribution in [-0.2, 0) is 6.54 Å². The van der Waals surface area contributed by atoms with Gasteiger partial charge >= 0.3 is 0 Å². The fourth-order valence-corrected chi connectivity index (χ4v) is 3.80. The van der Waals surface area contributed by atoms with Crippen LogP contribution >= 0.6 is 22.9 Å². The summed E-state index contributed by atoms with van der Waals surface area (Å²) in [5.74, 6) is 0.639. The summed E-state index contributed by atoms with van der Waals surface area (Å²) in [7, 11) is 0. The van der Waals surface area contributed by atoms with E-state index in [0.29, 0.717) is 45.9 Å². The highest BCUT2D eigenvalue weighted by atomic mass is 35.5. The van der Waals surface area contributed by atoms with Gasteiger partial charge in [-0.3, -0.25) is 9.59 Å². The number of amides is 2. The molecule has 0 radical (unpaired) electrons. The maximum atomic E-state index is 12.5. The molecule has 8 heteroatoms. The lowest BCUT2D eigenvalue weighted by Crippen LogP contribution is -2.23. The molecule has 3 aromatic rings. The van der Waals surface area contributed by atoms with Crippen LogP contribution in [0.2, 0.25) is 5.02 Å². The van der Waals surface area contributed by atoms with E-state index in [0.717, 1.165) is 5.56 Å². The van der Waals surface area contributed by atoms with Gasteiger partial charge in [-0.2, -0.15) is 0 Å². The van der Waals surface area contributed by atoms with E-state index in [-0.39, 0.29) is 18.4 Å². The number of ether oxygens (including phenoxy) is 2. The van der Waals surface area contributed by atoms with Crippen LogP contribution in [0.4, 0.5) is 5.69 Å². The van der Waals surface area contributed by atoms with Crippen LogP contribution in [0.3, 0.4) is 0 Å². The predicted octanol–water partition coefficient (Wildman–Crippen LogP) is 4.36. The Labute approximate surface area is 176 Å². The highest BCUT2D eigenvalue weighted by molar-refractivity contribution is 7.12. The number of fused-ring (bicyclic) bond motifs is 1. The molecule has 2 N–H and O–H groups in total. The van der Waals surface area contributed by atoms with Crippen molar-refractivity contribution < 1.29 is 19.1 Å². The highest BCUT2D eigenvalue weighted by Gasteiger charge is 2.17. The normalized spacial score (nSPS) is 12.3. The van der Waals surface area contributed by atoms with Crippen molar-refractivity contribution in [2.24, 2.45) is 0 Å². The number of anilines is 1. The predicted molar refractivity (Wildman–Crippen MR) is 112 cm³/mol. The minimum Gasteiger partial charge on any atom is -0.486 e. The van der Waals surface area contributed by atoms with Crippen molar-refractivity contribution in [3.63, 3.8) is 0 Å². The average molecular weight is 429 g/mol. The molecule has 0 fully saturated rings. The number of halogens is 1. The molecule has 148 valence electrons. The summed E-state index contributed by atoms with van der Waals surface area (Å²) in [5.41, 5.74) is 1.80. The number of thiophene rings is 1. The number of hydrogen-bond donors (Lipinski definition) is 2. The van der Waals surface area contributed by atoms with Gasteiger partial charge in [0.25, 0.3) is 11.8 Å². The Morgan fingerprint density at radius 3 is 2.72 bits per heavy atom. The Morgan fingerprint density at radius 2 is 1.90 bits per heavy atom. The number of nitrogens with one attached hydrogen (secondary N) is 2. The molecule has 0 bridgehead atoms. The number of carbonyl (C=O) groups excluding carboxylic acids is 2. The van der Waals surface area contributed by atoms with E-state index in [9.17, 15) is 9.59 Å². The second kappa shape index (κ2) is 8.55. The van der Waals surface area contributed by atoms with E-state index in [1.807, 2.05) is 11.4 Å². The molecule has 1 aliphatic rings.